The van der Waals surface area contributed by atoms with Gasteiger partial charge in [-0.05, 0) is 44.5 Å². The first-order valence-electron chi connectivity index (χ1n) is 6.78. The zero-order chi connectivity index (χ0) is 14.0. The van der Waals surface area contributed by atoms with E-state index in [1.165, 1.54) is 30.8 Å². The van der Waals surface area contributed by atoms with Gasteiger partial charge < -0.3 is 15.5 Å². The van der Waals surface area contributed by atoms with Crippen LogP contribution in [-0.4, -0.2) is 43.6 Å². The number of anilines is 1. The van der Waals surface area contributed by atoms with Gasteiger partial charge in [0.05, 0.1) is 0 Å². The molecule has 0 bridgehead atoms. The molecule has 1 aromatic carbocycles. The van der Waals surface area contributed by atoms with Crippen molar-refractivity contribution in [3.63, 3.8) is 0 Å². The molecule has 0 radical (unpaired) electrons. The van der Waals surface area contributed by atoms with Crippen LogP contribution in [0.25, 0.3) is 0 Å². The number of likely N-dealkylation sites (tertiary alicyclic amines) is 1. The first-order valence-corrected chi connectivity index (χ1v) is 7.19. The molecule has 4 heteroatoms. The summed E-state index contributed by atoms with van der Waals surface area (Å²) >= 11 is 5.17. The van der Waals surface area contributed by atoms with Crippen LogP contribution in [-0.2, 0) is 0 Å². The summed E-state index contributed by atoms with van der Waals surface area (Å²) < 4.78 is 0. The summed E-state index contributed by atoms with van der Waals surface area (Å²) in [5.74, 6) is 0.730. The Labute approximate surface area is 121 Å². The number of nitrogens with two attached hydrogens (primary N) is 1. The Balaban J connectivity index is 2.18. The molecule has 2 rings (SSSR count). The van der Waals surface area contributed by atoms with Gasteiger partial charge in [0.15, 0.2) is 0 Å². The van der Waals surface area contributed by atoms with Crippen molar-refractivity contribution in [3.8, 4) is 0 Å². The van der Waals surface area contributed by atoms with E-state index in [1.54, 1.807) is 0 Å². The zero-order valence-electron chi connectivity index (χ0n) is 12.0. The fourth-order valence-electron chi connectivity index (χ4n) is 3.02. The van der Waals surface area contributed by atoms with E-state index < -0.39 is 0 Å². The summed E-state index contributed by atoms with van der Waals surface area (Å²) in [5, 5.41) is 0. The summed E-state index contributed by atoms with van der Waals surface area (Å²) in [7, 11) is 4.33. The summed E-state index contributed by atoms with van der Waals surface area (Å²) in [5.41, 5.74) is 9.26. The van der Waals surface area contributed by atoms with Crippen molar-refractivity contribution in [1.82, 2.24) is 4.90 Å². The van der Waals surface area contributed by atoms with Crippen molar-refractivity contribution < 1.29 is 0 Å². The van der Waals surface area contributed by atoms with Crippen LogP contribution in [0.3, 0.4) is 0 Å². The van der Waals surface area contributed by atoms with Gasteiger partial charge in [-0.15, -0.1) is 0 Å². The third-order valence-electron chi connectivity index (χ3n) is 3.91. The maximum atomic E-state index is 5.85. The number of hydrogen-bond acceptors (Lipinski definition) is 3. The second kappa shape index (κ2) is 5.88. The van der Waals surface area contributed by atoms with E-state index in [0.717, 1.165) is 18.0 Å². The average molecular weight is 277 g/mol. The number of aryl methyl sites for hydroxylation is 1. The largest absolute Gasteiger partial charge is 0.389 e. The Morgan fingerprint density at radius 3 is 2.84 bits per heavy atom. The zero-order valence-corrected chi connectivity index (χ0v) is 12.8. The van der Waals surface area contributed by atoms with Crippen molar-refractivity contribution in [3.05, 3.63) is 29.3 Å². The van der Waals surface area contributed by atoms with E-state index >= 15 is 0 Å². The van der Waals surface area contributed by atoms with Crippen LogP contribution >= 0.6 is 12.2 Å². The first-order chi connectivity index (χ1) is 8.99. The summed E-state index contributed by atoms with van der Waals surface area (Å²) in [4.78, 5) is 5.19. The fourth-order valence-corrected chi connectivity index (χ4v) is 3.18. The topological polar surface area (TPSA) is 32.5 Å². The maximum Gasteiger partial charge on any atom is 0.106 e. The SMILES string of the molecule is Cc1cccc(C(N)=S)c1N(C)CC1CCN(C)C1. The number of nitrogens with zero attached hydrogens (tertiary/aromatic N) is 2. The van der Waals surface area contributed by atoms with E-state index in [-0.39, 0.29) is 0 Å². The molecule has 1 aliphatic heterocycles. The van der Waals surface area contributed by atoms with Gasteiger partial charge in [-0.1, -0.05) is 24.4 Å². The van der Waals surface area contributed by atoms with Crippen molar-refractivity contribution in [2.75, 3.05) is 38.6 Å². The van der Waals surface area contributed by atoms with E-state index in [2.05, 4.69) is 36.9 Å². The van der Waals surface area contributed by atoms with Gasteiger partial charge in [0.1, 0.15) is 4.99 Å². The highest BCUT2D eigenvalue weighted by Crippen LogP contribution is 2.26. The van der Waals surface area contributed by atoms with Gasteiger partial charge in [0.2, 0.25) is 0 Å². The second-order valence-electron chi connectivity index (χ2n) is 5.63. The van der Waals surface area contributed by atoms with Gasteiger partial charge in [-0.3, -0.25) is 0 Å². The lowest BCUT2D eigenvalue weighted by Crippen LogP contribution is -2.29. The number of thiocarbonyl (C=S) groups is 1. The van der Waals surface area contributed by atoms with Crippen molar-refractivity contribution in [1.29, 1.82) is 0 Å². The Bertz CT molecular complexity index is 472. The predicted octanol–water partition coefficient (Wildman–Crippen LogP) is 2.02. The molecule has 104 valence electrons. The first kappa shape index (κ1) is 14.3. The fraction of sp³-hybridized carbons (Fsp3) is 0.533. The quantitative estimate of drug-likeness (QED) is 0.854. The Morgan fingerprint density at radius 1 is 1.53 bits per heavy atom. The van der Waals surface area contributed by atoms with E-state index in [4.69, 9.17) is 18.0 Å². The number of benzene rings is 1. The summed E-state index contributed by atoms with van der Waals surface area (Å²) in [6.07, 6.45) is 1.27. The lowest BCUT2D eigenvalue weighted by Gasteiger charge is -2.27. The van der Waals surface area contributed by atoms with E-state index in [9.17, 15) is 0 Å². The molecule has 1 aliphatic rings. The van der Waals surface area contributed by atoms with Crippen LogP contribution in [0, 0.1) is 12.8 Å². The molecule has 1 aromatic rings. The van der Waals surface area contributed by atoms with E-state index in [0.29, 0.717) is 4.99 Å². The molecule has 19 heavy (non-hydrogen) atoms. The molecule has 1 heterocycles. The highest BCUT2D eigenvalue weighted by Gasteiger charge is 2.22. The van der Waals surface area contributed by atoms with E-state index in [1.807, 2.05) is 12.1 Å². The molecule has 1 fully saturated rings. The third kappa shape index (κ3) is 3.25. The van der Waals surface area contributed by atoms with Crippen molar-refractivity contribution in [2.24, 2.45) is 11.7 Å². The molecule has 0 spiro atoms. The van der Waals surface area contributed by atoms with Crippen LogP contribution in [0.5, 0.6) is 0 Å². The molecular formula is C15H23N3S. The summed E-state index contributed by atoms with van der Waals surface area (Å²) in [6.45, 7) is 5.56. The molecule has 1 saturated heterocycles. The third-order valence-corrected chi connectivity index (χ3v) is 4.13. The Morgan fingerprint density at radius 2 is 2.26 bits per heavy atom. The monoisotopic (exact) mass is 277 g/mol. The van der Waals surface area contributed by atoms with Crippen LogP contribution in [0.15, 0.2) is 18.2 Å². The van der Waals surface area contributed by atoms with Crippen molar-refractivity contribution in [2.45, 2.75) is 13.3 Å². The molecule has 0 amide bonds. The highest BCUT2D eigenvalue weighted by molar-refractivity contribution is 7.80. The highest BCUT2D eigenvalue weighted by atomic mass is 32.1. The van der Waals surface area contributed by atoms with Gasteiger partial charge in [0, 0.05) is 31.4 Å². The Kier molecular flexibility index (Phi) is 4.42. The van der Waals surface area contributed by atoms with Gasteiger partial charge in [0.25, 0.3) is 0 Å². The molecule has 2 N–H and O–H groups in total. The lowest BCUT2D eigenvalue weighted by molar-refractivity contribution is 0.396. The molecule has 1 atom stereocenters. The lowest BCUT2D eigenvalue weighted by atomic mass is 10.0. The van der Waals surface area contributed by atoms with Crippen LogP contribution < -0.4 is 10.6 Å². The number of hydrogen-bond donors (Lipinski definition) is 1. The van der Waals surface area contributed by atoms with Crippen molar-refractivity contribution >= 4 is 22.9 Å². The minimum Gasteiger partial charge on any atom is -0.389 e. The van der Waals surface area contributed by atoms with Gasteiger partial charge in [-0.25, -0.2) is 0 Å². The molecule has 1 unspecified atom stereocenters. The molecule has 0 saturated carbocycles. The maximum absolute atomic E-state index is 5.85. The number of para-hydroxylation sites is 1. The van der Waals surface area contributed by atoms with Crippen LogP contribution in [0.1, 0.15) is 17.5 Å². The smallest absolute Gasteiger partial charge is 0.106 e. The van der Waals surface area contributed by atoms with Gasteiger partial charge >= 0.3 is 0 Å². The predicted molar refractivity (Wildman–Crippen MR) is 85.9 cm³/mol. The minimum absolute atomic E-state index is 0.481. The molecule has 3 nitrogen and oxygen atoms in total. The van der Waals surface area contributed by atoms with Crippen LogP contribution in [0.4, 0.5) is 5.69 Å². The normalized spacial score (nSPS) is 19.6. The summed E-state index contributed by atoms with van der Waals surface area (Å²) in [6, 6.07) is 6.15. The standard InChI is InChI=1S/C15H23N3S/c1-11-5-4-6-13(15(16)19)14(11)18(3)10-12-7-8-17(2)9-12/h4-6,12H,7-10H2,1-3H3,(H2,16,19). The average Bonchev–Trinajstić information content (AvgIpc) is 2.74. The molecule has 0 aliphatic carbocycles. The molecular weight excluding hydrogens is 254 g/mol. The second-order valence-corrected chi connectivity index (χ2v) is 6.07. The molecule has 0 aromatic heterocycles. The number of rotatable bonds is 4. The minimum atomic E-state index is 0.481. The van der Waals surface area contributed by atoms with Crippen LogP contribution in [0.2, 0.25) is 0 Å². The Hall–Kier alpha value is -1.13. The van der Waals surface area contributed by atoms with Gasteiger partial charge in [-0.2, -0.15) is 0 Å².